The summed E-state index contributed by atoms with van der Waals surface area (Å²) in [6, 6.07) is 12.8. The second kappa shape index (κ2) is 10.7. The summed E-state index contributed by atoms with van der Waals surface area (Å²) in [6.45, 7) is 3.94. The molecular weight excluding hydrogens is 510 g/mol. The smallest absolute Gasteiger partial charge is 0.335 e. The van der Waals surface area contributed by atoms with Gasteiger partial charge in [-0.15, -0.1) is 0 Å². The maximum Gasteiger partial charge on any atom is 0.335 e. The van der Waals surface area contributed by atoms with E-state index in [1.165, 1.54) is 6.07 Å². The van der Waals surface area contributed by atoms with Gasteiger partial charge in [-0.3, -0.25) is 0 Å². The normalized spacial score (nSPS) is 15.1. The van der Waals surface area contributed by atoms with Gasteiger partial charge in [0.25, 0.3) is 0 Å². The maximum atomic E-state index is 14.5. The van der Waals surface area contributed by atoms with E-state index in [0.29, 0.717) is 21.7 Å². The topological polar surface area (TPSA) is 64.3 Å². The number of aromatic nitrogens is 2. The fourth-order valence-corrected chi connectivity index (χ4v) is 5.81. The number of nitrogens with zero attached hydrogens (tertiary/aromatic N) is 2. The second-order valence-electron chi connectivity index (χ2n) is 10.1. The van der Waals surface area contributed by atoms with Gasteiger partial charge in [-0.25, -0.2) is 18.3 Å². The monoisotopic (exact) mass is 538 g/mol. The number of hydrogen-bond donors (Lipinski definition) is 1. The number of rotatable bonds is 7. The van der Waals surface area contributed by atoms with Gasteiger partial charge in [0.05, 0.1) is 29.1 Å². The van der Waals surface area contributed by atoms with E-state index in [2.05, 4.69) is 0 Å². The van der Waals surface area contributed by atoms with Crippen molar-refractivity contribution >= 4 is 28.5 Å². The molecule has 3 aromatic carbocycles. The van der Waals surface area contributed by atoms with E-state index < -0.39 is 17.6 Å². The van der Waals surface area contributed by atoms with Crippen molar-refractivity contribution in [2.75, 3.05) is 6.61 Å². The Kier molecular flexibility index (Phi) is 7.39. The van der Waals surface area contributed by atoms with Crippen LogP contribution in [0.4, 0.5) is 8.78 Å². The van der Waals surface area contributed by atoms with Crippen molar-refractivity contribution in [1.82, 2.24) is 9.78 Å². The summed E-state index contributed by atoms with van der Waals surface area (Å²) in [5, 5.41) is 15.2. The maximum absolute atomic E-state index is 14.5. The predicted molar refractivity (Wildman–Crippen MR) is 144 cm³/mol. The lowest BCUT2D eigenvalue weighted by Crippen LogP contribution is -2.25. The van der Waals surface area contributed by atoms with E-state index >= 15 is 0 Å². The zero-order valence-electron chi connectivity index (χ0n) is 21.3. The number of halogens is 3. The number of carboxylic acids is 1. The third-order valence-electron chi connectivity index (χ3n) is 7.51. The van der Waals surface area contributed by atoms with E-state index in [-0.39, 0.29) is 24.0 Å². The molecule has 0 bridgehead atoms. The number of fused-ring (bicyclic) bond motifs is 1. The van der Waals surface area contributed by atoms with Crippen LogP contribution in [-0.4, -0.2) is 27.5 Å². The highest BCUT2D eigenvalue weighted by atomic mass is 35.5. The Morgan fingerprint density at radius 2 is 1.68 bits per heavy atom. The van der Waals surface area contributed by atoms with Crippen LogP contribution in [0.15, 0.2) is 48.5 Å². The molecule has 1 atom stereocenters. The number of ether oxygens (including phenoxy) is 1. The molecule has 5 rings (SSSR count). The third kappa shape index (κ3) is 5.12. The van der Waals surface area contributed by atoms with Crippen LogP contribution in [0.25, 0.3) is 16.6 Å². The van der Waals surface area contributed by atoms with Crippen LogP contribution in [0.2, 0.25) is 5.02 Å². The fourth-order valence-electron chi connectivity index (χ4n) is 5.69. The summed E-state index contributed by atoms with van der Waals surface area (Å²) >= 11 is 6.14. The minimum Gasteiger partial charge on any atom is -0.492 e. The Morgan fingerprint density at radius 3 is 2.32 bits per heavy atom. The lowest BCUT2D eigenvalue weighted by Gasteiger charge is -2.31. The van der Waals surface area contributed by atoms with E-state index in [0.717, 1.165) is 60.7 Å². The second-order valence-corrected chi connectivity index (χ2v) is 10.6. The van der Waals surface area contributed by atoms with Gasteiger partial charge in [0, 0.05) is 22.4 Å². The Balaban J connectivity index is 1.63. The molecule has 1 fully saturated rings. The molecule has 0 radical (unpaired) electrons. The number of hydrogen-bond acceptors (Lipinski definition) is 3. The highest BCUT2D eigenvalue weighted by Crippen LogP contribution is 2.41. The average Bonchev–Trinajstić information content (AvgIpc) is 3.24. The standard InChI is InChI=1S/C30H29ClF2N2O3/c1-17-12-20(30(36)37)13-18(2)29(17)38-16-24(19-6-4-3-5-7-19)28-23-14-25(32)26(33)15-27(23)34-35(28)22-10-8-21(31)9-11-22/h8-15,19,24H,3-7,16H2,1-2H3,(H,36,37). The SMILES string of the molecule is Cc1cc(C(=O)O)cc(C)c1OCC(c1c2cc(F)c(F)cc2nn1-c1ccc(Cl)cc1)C1CCCCC1. The molecule has 0 saturated heterocycles. The van der Waals surface area contributed by atoms with Crippen LogP contribution < -0.4 is 4.74 Å². The van der Waals surface area contributed by atoms with Crippen molar-refractivity contribution in [2.45, 2.75) is 51.9 Å². The molecule has 0 aliphatic heterocycles. The summed E-state index contributed by atoms with van der Waals surface area (Å²) in [5.74, 6) is -2.14. The molecule has 1 saturated carbocycles. The van der Waals surface area contributed by atoms with E-state index in [4.69, 9.17) is 21.4 Å². The molecule has 38 heavy (non-hydrogen) atoms. The Labute approximate surface area is 225 Å². The third-order valence-corrected chi connectivity index (χ3v) is 7.76. The summed E-state index contributed by atoms with van der Waals surface area (Å²) in [6.07, 6.45) is 5.31. The molecule has 1 aliphatic rings. The van der Waals surface area contributed by atoms with Gasteiger partial charge in [0.15, 0.2) is 11.6 Å². The molecule has 0 amide bonds. The molecule has 198 valence electrons. The van der Waals surface area contributed by atoms with Crippen molar-refractivity contribution in [3.8, 4) is 11.4 Å². The molecule has 1 aromatic heterocycles. The lowest BCUT2D eigenvalue weighted by molar-refractivity contribution is 0.0696. The molecule has 5 nitrogen and oxygen atoms in total. The number of benzene rings is 3. The molecule has 1 N–H and O–H groups in total. The van der Waals surface area contributed by atoms with Crippen LogP contribution in [-0.2, 0) is 0 Å². The summed E-state index contributed by atoms with van der Waals surface area (Å²) in [5.41, 5.74) is 3.54. The fraction of sp³-hybridized carbons (Fsp3) is 0.333. The average molecular weight is 539 g/mol. The molecular formula is C30H29ClF2N2O3. The molecule has 0 spiro atoms. The quantitative estimate of drug-likeness (QED) is 0.259. The Morgan fingerprint density at radius 1 is 1.05 bits per heavy atom. The highest BCUT2D eigenvalue weighted by molar-refractivity contribution is 6.30. The molecule has 4 aromatic rings. The van der Waals surface area contributed by atoms with Crippen LogP contribution in [0.5, 0.6) is 5.75 Å². The van der Waals surface area contributed by atoms with Crippen LogP contribution >= 0.6 is 11.6 Å². The van der Waals surface area contributed by atoms with E-state index in [1.807, 2.05) is 26.0 Å². The van der Waals surface area contributed by atoms with Crippen LogP contribution in [0, 0.1) is 31.4 Å². The first-order valence-corrected chi connectivity index (χ1v) is 13.2. The van der Waals surface area contributed by atoms with Gasteiger partial charge in [-0.2, -0.15) is 5.10 Å². The molecule has 1 heterocycles. The number of aryl methyl sites for hydroxylation is 2. The zero-order chi connectivity index (χ0) is 27.0. The first-order chi connectivity index (χ1) is 18.2. The molecule has 8 heteroatoms. The first-order valence-electron chi connectivity index (χ1n) is 12.8. The summed E-state index contributed by atoms with van der Waals surface area (Å²) < 4.78 is 37.0. The van der Waals surface area contributed by atoms with Gasteiger partial charge in [0.2, 0.25) is 0 Å². The van der Waals surface area contributed by atoms with Gasteiger partial charge in [-0.1, -0.05) is 30.9 Å². The molecule has 1 unspecified atom stereocenters. The van der Waals surface area contributed by atoms with Gasteiger partial charge in [0.1, 0.15) is 5.75 Å². The van der Waals surface area contributed by atoms with E-state index in [9.17, 15) is 18.7 Å². The van der Waals surface area contributed by atoms with Crippen molar-refractivity contribution in [3.63, 3.8) is 0 Å². The van der Waals surface area contributed by atoms with Crippen molar-refractivity contribution in [2.24, 2.45) is 5.92 Å². The minimum absolute atomic E-state index is 0.168. The number of carbonyl (C=O) groups is 1. The van der Waals surface area contributed by atoms with Gasteiger partial charge in [-0.05, 0) is 86.2 Å². The number of aromatic carboxylic acids is 1. The molecule has 1 aliphatic carbocycles. The van der Waals surface area contributed by atoms with Crippen molar-refractivity contribution in [3.05, 3.63) is 87.6 Å². The Hall–Kier alpha value is -3.45. The minimum atomic E-state index is -0.990. The van der Waals surface area contributed by atoms with Gasteiger partial charge >= 0.3 is 5.97 Å². The van der Waals surface area contributed by atoms with Crippen molar-refractivity contribution < 1.29 is 23.4 Å². The highest BCUT2D eigenvalue weighted by Gasteiger charge is 2.32. The van der Waals surface area contributed by atoms with E-state index in [1.54, 1.807) is 28.9 Å². The Bertz CT molecular complexity index is 1470. The zero-order valence-corrected chi connectivity index (χ0v) is 22.1. The van der Waals surface area contributed by atoms with Crippen LogP contribution in [0.3, 0.4) is 0 Å². The largest absolute Gasteiger partial charge is 0.492 e. The van der Waals surface area contributed by atoms with Crippen molar-refractivity contribution in [1.29, 1.82) is 0 Å². The number of carboxylic acid groups (broad SMARTS) is 1. The predicted octanol–water partition coefficient (Wildman–Crippen LogP) is 8.02. The van der Waals surface area contributed by atoms with Gasteiger partial charge < -0.3 is 9.84 Å². The lowest BCUT2D eigenvalue weighted by atomic mass is 9.78. The first kappa shape index (κ1) is 26.2. The summed E-state index contributed by atoms with van der Waals surface area (Å²) in [4.78, 5) is 11.5. The summed E-state index contributed by atoms with van der Waals surface area (Å²) in [7, 11) is 0. The van der Waals surface area contributed by atoms with Crippen LogP contribution in [0.1, 0.15) is 65.2 Å².